The Bertz CT molecular complexity index is 1440. The van der Waals surface area contributed by atoms with E-state index in [-0.39, 0.29) is 30.2 Å². The Morgan fingerprint density at radius 2 is 1.50 bits per heavy atom. The van der Waals surface area contributed by atoms with Gasteiger partial charge in [-0.05, 0) is 31.1 Å². The SMILES string of the molecule is CCOC(=O)C1=C(N)n2c(sc(=Cc3ccccc3)c2=O)=C(C(=O)OCC)[C@@H]1c1ccccc1. The number of carbonyl (C=O) groups excluding carboxylic acids is 2. The van der Waals surface area contributed by atoms with Gasteiger partial charge in [-0.3, -0.25) is 9.36 Å². The average molecular weight is 477 g/mol. The third-order valence-electron chi connectivity index (χ3n) is 5.37. The van der Waals surface area contributed by atoms with Crippen molar-refractivity contribution >= 4 is 40.7 Å². The second-order valence-electron chi connectivity index (χ2n) is 7.46. The quantitative estimate of drug-likeness (QED) is 0.546. The monoisotopic (exact) mass is 476 g/mol. The lowest BCUT2D eigenvalue weighted by atomic mass is 9.83. The van der Waals surface area contributed by atoms with Gasteiger partial charge < -0.3 is 15.2 Å². The molecule has 1 aliphatic rings. The van der Waals surface area contributed by atoms with Crippen LogP contribution in [0.5, 0.6) is 0 Å². The van der Waals surface area contributed by atoms with E-state index in [9.17, 15) is 14.4 Å². The number of benzene rings is 2. The van der Waals surface area contributed by atoms with E-state index >= 15 is 0 Å². The number of ether oxygens (including phenoxy) is 2. The van der Waals surface area contributed by atoms with Crippen LogP contribution in [0.15, 0.2) is 71.0 Å². The fourth-order valence-corrected chi connectivity index (χ4v) is 5.11. The summed E-state index contributed by atoms with van der Waals surface area (Å²) in [6, 6.07) is 18.4. The first-order valence-electron chi connectivity index (χ1n) is 10.9. The molecule has 0 amide bonds. The minimum absolute atomic E-state index is 0.0368. The van der Waals surface area contributed by atoms with Crippen molar-refractivity contribution in [2.45, 2.75) is 19.8 Å². The van der Waals surface area contributed by atoms with Gasteiger partial charge in [-0.2, -0.15) is 0 Å². The molecule has 0 unspecified atom stereocenters. The molecule has 1 aromatic heterocycles. The van der Waals surface area contributed by atoms with Crippen molar-refractivity contribution in [2.75, 3.05) is 13.2 Å². The lowest BCUT2D eigenvalue weighted by Gasteiger charge is -2.27. The van der Waals surface area contributed by atoms with Crippen LogP contribution in [0.3, 0.4) is 0 Å². The number of nitrogens with zero attached hydrogens (tertiary/aromatic N) is 1. The Morgan fingerprint density at radius 3 is 2.09 bits per heavy atom. The topological polar surface area (TPSA) is 101 Å². The van der Waals surface area contributed by atoms with Gasteiger partial charge in [0.25, 0.3) is 5.56 Å². The van der Waals surface area contributed by atoms with Gasteiger partial charge in [0.05, 0.1) is 34.8 Å². The van der Waals surface area contributed by atoms with E-state index in [0.29, 0.717) is 14.8 Å². The molecule has 2 heterocycles. The lowest BCUT2D eigenvalue weighted by Crippen LogP contribution is -2.42. The molecule has 34 heavy (non-hydrogen) atoms. The number of carbonyl (C=O) groups is 2. The average Bonchev–Trinajstić information content (AvgIpc) is 3.16. The summed E-state index contributed by atoms with van der Waals surface area (Å²) in [5, 5.41) is 0. The summed E-state index contributed by atoms with van der Waals surface area (Å²) in [5.41, 5.74) is 7.75. The molecule has 7 nitrogen and oxygen atoms in total. The van der Waals surface area contributed by atoms with E-state index in [2.05, 4.69) is 0 Å². The molecule has 0 saturated heterocycles. The van der Waals surface area contributed by atoms with Gasteiger partial charge in [-0.15, -0.1) is 11.3 Å². The minimum Gasteiger partial charge on any atom is -0.463 e. The molecule has 0 radical (unpaired) electrons. The van der Waals surface area contributed by atoms with Gasteiger partial charge in [0.15, 0.2) is 0 Å². The summed E-state index contributed by atoms with van der Waals surface area (Å²) >= 11 is 1.14. The molecule has 1 atom stereocenters. The van der Waals surface area contributed by atoms with Gasteiger partial charge >= 0.3 is 11.9 Å². The van der Waals surface area contributed by atoms with E-state index in [1.54, 1.807) is 32.1 Å². The van der Waals surface area contributed by atoms with Crippen LogP contribution in [-0.4, -0.2) is 29.7 Å². The minimum atomic E-state index is -0.845. The highest BCUT2D eigenvalue weighted by Crippen LogP contribution is 2.37. The number of aromatic nitrogens is 1. The Balaban J connectivity index is 2.11. The molecular formula is C26H24N2O5S. The van der Waals surface area contributed by atoms with Gasteiger partial charge in [0.1, 0.15) is 10.5 Å². The fraction of sp³-hybridized carbons (Fsp3) is 0.192. The van der Waals surface area contributed by atoms with E-state index in [1.807, 2.05) is 48.5 Å². The van der Waals surface area contributed by atoms with Gasteiger partial charge in [-0.25, -0.2) is 9.59 Å². The van der Waals surface area contributed by atoms with Crippen molar-refractivity contribution in [3.8, 4) is 0 Å². The van der Waals surface area contributed by atoms with Crippen molar-refractivity contribution in [2.24, 2.45) is 5.73 Å². The first-order valence-corrected chi connectivity index (χ1v) is 11.7. The lowest BCUT2D eigenvalue weighted by molar-refractivity contribution is -0.138. The number of fused-ring (bicyclic) bond motifs is 1. The summed E-state index contributed by atoms with van der Waals surface area (Å²) in [5.74, 6) is -2.20. The molecule has 0 bridgehead atoms. The number of nitrogens with two attached hydrogens (primary N) is 1. The van der Waals surface area contributed by atoms with E-state index < -0.39 is 23.4 Å². The van der Waals surface area contributed by atoms with Crippen molar-refractivity contribution in [3.63, 3.8) is 0 Å². The maximum Gasteiger partial charge on any atom is 0.338 e. The molecule has 174 valence electrons. The Hall–Kier alpha value is -3.91. The first-order chi connectivity index (χ1) is 16.5. The zero-order valence-corrected chi connectivity index (χ0v) is 19.6. The van der Waals surface area contributed by atoms with Crippen LogP contribution in [0.1, 0.15) is 30.9 Å². The molecule has 8 heteroatoms. The van der Waals surface area contributed by atoms with E-state index in [0.717, 1.165) is 16.9 Å². The molecule has 2 aromatic carbocycles. The van der Waals surface area contributed by atoms with Crippen LogP contribution in [0, 0.1) is 0 Å². The third kappa shape index (κ3) is 4.20. The largest absolute Gasteiger partial charge is 0.463 e. The van der Waals surface area contributed by atoms with Crippen molar-refractivity contribution < 1.29 is 19.1 Å². The predicted molar refractivity (Wildman–Crippen MR) is 131 cm³/mol. The number of esters is 2. The fourth-order valence-electron chi connectivity index (χ4n) is 3.94. The maximum atomic E-state index is 13.4. The normalized spacial score (nSPS) is 15.8. The predicted octanol–water partition coefficient (Wildman–Crippen LogP) is 1.94. The third-order valence-corrected chi connectivity index (χ3v) is 6.48. The highest BCUT2D eigenvalue weighted by atomic mass is 32.1. The number of hydrogen-bond acceptors (Lipinski definition) is 7. The van der Waals surface area contributed by atoms with Crippen LogP contribution in [-0.2, 0) is 19.1 Å². The highest BCUT2D eigenvalue weighted by Gasteiger charge is 2.39. The summed E-state index contributed by atoms with van der Waals surface area (Å²) in [6.45, 7) is 3.63. The summed E-state index contributed by atoms with van der Waals surface area (Å²) in [6.07, 6.45) is 1.73. The van der Waals surface area contributed by atoms with Crippen molar-refractivity contribution in [1.29, 1.82) is 0 Å². The summed E-state index contributed by atoms with van der Waals surface area (Å²) in [7, 11) is 0. The number of hydrogen-bond donors (Lipinski definition) is 1. The summed E-state index contributed by atoms with van der Waals surface area (Å²) in [4.78, 5) is 39.8. The first kappa shape index (κ1) is 23.3. The Labute approximate surface area is 200 Å². The van der Waals surface area contributed by atoms with E-state index in [1.165, 1.54) is 4.57 Å². The maximum absolute atomic E-state index is 13.4. The van der Waals surface area contributed by atoms with Gasteiger partial charge in [0.2, 0.25) is 0 Å². The standard InChI is InChI=1S/C26H24N2O5S/c1-3-32-25(30)20-19(17-13-9-6-10-14-17)21(26(31)33-4-2)24-28(22(20)27)23(29)18(34-24)15-16-11-7-5-8-12-16/h5-15,19H,3-4,27H2,1-2H3/t19-/m1/s1. The van der Waals surface area contributed by atoms with Gasteiger partial charge in [0, 0.05) is 0 Å². The zero-order valence-electron chi connectivity index (χ0n) is 18.8. The zero-order chi connectivity index (χ0) is 24.2. The van der Waals surface area contributed by atoms with Crippen molar-refractivity contribution in [3.05, 3.63) is 96.9 Å². The molecule has 0 fully saturated rings. The molecule has 1 aliphatic heterocycles. The summed E-state index contributed by atoms with van der Waals surface area (Å²) < 4.78 is 12.6. The molecule has 0 aliphatic carbocycles. The highest BCUT2D eigenvalue weighted by molar-refractivity contribution is 7.07. The van der Waals surface area contributed by atoms with Crippen LogP contribution in [0.25, 0.3) is 17.5 Å². The smallest absolute Gasteiger partial charge is 0.338 e. The van der Waals surface area contributed by atoms with Gasteiger partial charge in [-0.1, -0.05) is 60.7 Å². The van der Waals surface area contributed by atoms with Crippen LogP contribution in [0.4, 0.5) is 0 Å². The number of rotatable bonds is 6. The molecular weight excluding hydrogens is 452 g/mol. The van der Waals surface area contributed by atoms with E-state index in [4.69, 9.17) is 15.2 Å². The molecule has 0 spiro atoms. The molecule has 0 saturated carbocycles. The van der Waals surface area contributed by atoms with Crippen LogP contribution in [0.2, 0.25) is 0 Å². The second kappa shape index (κ2) is 9.93. The Morgan fingerprint density at radius 1 is 0.941 bits per heavy atom. The number of thiazole rings is 1. The van der Waals surface area contributed by atoms with Crippen molar-refractivity contribution in [1.82, 2.24) is 4.57 Å². The van der Waals surface area contributed by atoms with Crippen LogP contribution < -0.4 is 20.5 Å². The molecule has 3 aromatic rings. The molecule has 4 rings (SSSR count). The molecule has 2 N–H and O–H groups in total. The Kier molecular flexibility index (Phi) is 6.79. The second-order valence-corrected chi connectivity index (χ2v) is 8.49. The van der Waals surface area contributed by atoms with Crippen LogP contribution >= 0.6 is 11.3 Å².